The summed E-state index contributed by atoms with van der Waals surface area (Å²) in [5.41, 5.74) is 1.40. The van der Waals surface area contributed by atoms with Crippen LogP contribution < -0.4 is 0 Å². The number of ketones is 2. The van der Waals surface area contributed by atoms with Crippen molar-refractivity contribution in [3.05, 3.63) is 65.4 Å². The highest BCUT2D eigenvalue weighted by molar-refractivity contribution is 5.99. The fourth-order valence-electron chi connectivity index (χ4n) is 2.68. The Hall–Kier alpha value is -2.89. The molecule has 0 fully saturated rings. The van der Waals surface area contributed by atoms with Gasteiger partial charge in [-0.15, -0.1) is 0 Å². The fourth-order valence-corrected chi connectivity index (χ4v) is 2.68. The van der Waals surface area contributed by atoms with Crippen molar-refractivity contribution in [2.75, 3.05) is 0 Å². The standard InChI is InChI=1S/C18H18N2O4/c1-11(14-7-5-4-6-8-14)20-15(9-10-19-20)16(22)18-23-13(3)17(24-18)12(2)21/h4-11,18H,1-3H3/t11-,18?/m1/s1. The van der Waals surface area contributed by atoms with Gasteiger partial charge in [-0.25, -0.2) is 0 Å². The Morgan fingerprint density at radius 2 is 1.88 bits per heavy atom. The molecule has 0 amide bonds. The average Bonchev–Trinajstić information content (AvgIpc) is 3.21. The minimum absolute atomic E-state index is 0.0931. The molecule has 0 aliphatic carbocycles. The number of Topliss-reactive ketones (excluding diaryl/α,β-unsaturated/α-hetero) is 2. The number of benzene rings is 1. The maximum absolute atomic E-state index is 12.7. The number of ether oxygens (including phenoxy) is 2. The van der Waals surface area contributed by atoms with E-state index in [4.69, 9.17) is 9.47 Å². The summed E-state index contributed by atoms with van der Waals surface area (Å²) >= 11 is 0. The number of carbonyl (C=O) groups is 2. The highest BCUT2D eigenvalue weighted by Gasteiger charge is 2.35. The molecule has 0 radical (unpaired) electrons. The normalized spacial score (nSPS) is 18.0. The quantitative estimate of drug-likeness (QED) is 0.790. The predicted molar refractivity (Wildman–Crippen MR) is 86.2 cm³/mol. The highest BCUT2D eigenvalue weighted by atomic mass is 16.7. The second kappa shape index (κ2) is 6.31. The van der Waals surface area contributed by atoms with Gasteiger partial charge >= 0.3 is 6.29 Å². The zero-order valence-electron chi connectivity index (χ0n) is 13.7. The van der Waals surface area contributed by atoms with Gasteiger partial charge in [0.25, 0.3) is 5.78 Å². The third-order valence-electron chi connectivity index (χ3n) is 3.93. The molecule has 124 valence electrons. The molecule has 2 atom stereocenters. The van der Waals surface area contributed by atoms with Crippen LogP contribution in [0.5, 0.6) is 0 Å². The number of hydrogen-bond acceptors (Lipinski definition) is 5. The van der Waals surface area contributed by atoms with E-state index in [0.717, 1.165) is 5.56 Å². The number of allylic oxidation sites excluding steroid dienone is 2. The Bertz CT molecular complexity index is 807. The summed E-state index contributed by atoms with van der Waals surface area (Å²) in [4.78, 5) is 24.2. The first kappa shape index (κ1) is 16.0. The van der Waals surface area contributed by atoms with E-state index in [1.54, 1.807) is 23.9 Å². The zero-order chi connectivity index (χ0) is 17.3. The highest BCUT2D eigenvalue weighted by Crippen LogP contribution is 2.26. The van der Waals surface area contributed by atoms with E-state index in [1.165, 1.54) is 6.92 Å². The summed E-state index contributed by atoms with van der Waals surface area (Å²) in [6.45, 7) is 4.94. The molecule has 0 N–H and O–H groups in total. The van der Waals surface area contributed by atoms with Gasteiger partial charge in [0.1, 0.15) is 11.5 Å². The van der Waals surface area contributed by atoms with Crippen LogP contribution in [0.2, 0.25) is 0 Å². The van der Waals surface area contributed by atoms with Crippen LogP contribution in [-0.4, -0.2) is 27.6 Å². The van der Waals surface area contributed by atoms with Crippen LogP contribution in [0.1, 0.15) is 42.9 Å². The molecule has 1 unspecified atom stereocenters. The SMILES string of the molecule is CC(=O)C1=C(C)OC(C(=O)c2ccnn2[C@H](C)c2ccccc2)O1. The van der Waals surface area contributed by atoms with Crippen molar-refractivity contribution < 1.29 is 19.1 Å². The Kier molecular flexibility index (Phi) is 4.20. The maximum atomic E-state index is 12.7. The molecule has 2 heterocycles. The predicted octanol–water partition coefficient (Wildman–Crippen LogP) is 2.87. The van der Waals surface area contributed by atoms with E-state index in [1.807, 2.05) is 37.3 Å². The second-order valence-electron chi connectivity index (χ2n) is 5.62. The van der Waals surface area contributed by atoms with Crippen LogP contribution in [-0.2, 0) is 14.3 Å². The van der Waals surface area contributed by atoms with Crippen LogP contribution in [0, 0.1) is 0 Å². The van der Waals surface area contributed by atoms with Gasteiger partial charge in [0.05, 0.1) is 6.04 Å². The van der Waals surface area contributed by atoms with Crippen LogP contribution in [0.25, 0.3) is 0 Å². The van der Waals surface area contributed by atoms with Crippen molar-refractivity contribution in [1.82, 2.24) is 9.78 Å². The van der Waals surface area contributed by atoms with E-state index >= 15 is 0 Å². The minimum Gasteiger partial charge on any atom is -0.448 e. The molecule has 0 spiro atoms. The van der Waals surface area contributed by atoms with Gasteiger partial charge in [-0.3, -0.25) is 14.3 Å². The van der Waals surface area contributed by atoms with Crippen molar-refractivity contribution in [2.24, 2.45) is 0 Å². The van der Waals surface area contributed by atoms with E-state index in [2.05, 4.69) is 5.10 Å². The van der Waals surface area contributed by atoms with E-state index in [9.17, 15) is 9.59 Å². The summed E-state index contributed by atoms with van der Waals surface area (Å²) < 4.78 is 12.4. The molecule has 1 aromatic heterocycles. The van der Waals surface area contributed by atoms with Crippen LogP contribution in [0.4, 0.5) is 0 Å². The van der Waals surface area contributed by atoms with Crippen molar-refractivity contribution in [1.29, 1.82) is 0 Å². The lowest BCUT2D eigenvalue weighted by atomic mass is 10.1. The first-order valence-electron chi connectivity index (χ1n) is 7.67. The smallest absolute Gasteiger partial charge is 0.307 e. The molecule has 2 aromatic rings. The molecular formula is C18H18N2O4. The van der Waals surface area contributed by atoms with Gasteiger partial charge in [0.2, 0.25) is 5.76 Å². The van der Waals surface area contributed by atoms with Crippen molar-refractivity contribution >= 4 is 11.6 Å². The van der Waals surface area contributed by atoms with E-state index < -0.39 is 6.29 Å². The molecule has 0 bridgehead atoms. The molecule has 1 aliphatic rings. The monoisotopic (exact) mass is 326 g/mol. The Labute approximate surface area is 139 Å². The Morgan fingerprint density at radius 3 is 2.50 bits per heavy atom. The lowest BCUT2D eigenvalue weighted by molar-refractivity contribution is -0.118. The summed E-state index contributed by atoms with van der Waals surface area (Å²) in [6, 6.07) is 11.3. The van der Waals surface area contributed by atoms with Gasteiger partial charge in [0, 0.05) is 13.1 Å². The molecule has 6 nitrogen and oxygen atoms in total. The first-order chi connectivity index (χ1) is 11.5. The molecule has 0 saturated heterocycles. The minimum atomic E-state index is -1.15. The average molecular weight is 326 g/mol. The van der Waals surface area contributed by atoms with Crippen LogP contribution in [0.3, 0.4) is 0 Å². The molecule has 1 aliphatic heterocycles. The summed E-state index contributed by atoms with van der Waals surface area (Å²) in [6.07, 6.45) is 0.413. The molecule has 1 aromatic carbocycles. The molecule has 24 heavy (non-hydrogen) atoms. The first-order valence-corrected chi connectivity index (χ1v) is 7.67. The van der Waals surface area contributed by atoms with E-state index in [-0.39, 0.29) is 23.4 Å². The van der Waals surface area contributed by atoms with Crippen molar-refractivity contribution in [3.63, 3.8) is 0 Å². The topological polar surface area (TPSA) is 70.4 Å². The van der Waals surface area contributed by atoms with Gasteiger partial charge in [0.15, 0.2) is 5.78 Å². The van der Waals surface area contributed by atoms with Gasteiger partial charge < -0.3 is 9.47 Å². The molecule has 3 rings (SSSR count). The van der Waals surface area contributed by atoms with Gasteiger partial charge in [-0.1, -0.05) is 30.3 Å². The number of rotatable bonds is 5. The largest absolute Gasteiger partial charge is 0.448 e. The van der Waals surface area contributed by atoms with Crippen LogP contribution in [0.15, 0.2) is 54.1 Å². The second-order valence-corrected chi connectivity index (χ2v) is 5.62. The lowest BCUT2D eigenvalue weighted by Crippen LogP contribution is -2.27. The van der Waals surface area contributed by atoms with Gasteiger partial charge in [-0.05, 0) is 25.5 Å². The molecule has 6 heteroatoms. The van der Waals surface area contributed by atoms with Crippen LogP contribution >= 0.6 is 0 Å². The maximum Gasteiger partial charge on any atom is 0.307 e. The molecular weight excluding hydrogens is 308 g/mol. The number of hydrogen-bond donors (Lipinski definition) is 0. The Morgan fingerprint density at radius 1 is 1.17 bits per heavy atom. The summed E-state index contributed by atoms with van der Waals surface area (Å²) in [5, 5.41) is 4.26. The Balaban J connectivity index is 1.84. The number of nitrogens with zero attached hydrogens (tertiary/aromatic N) is 2. The van der Waals surface area contributed by atoms with Crippen molar-refractivity contribution in [3.8, 4) is 0 Å². The fraction of sp³-hybridized carbons (Fsp3) is 0.278. The molecule has 0 saturated carbocycles. The lowest BCUT2D eigenvalue weighted by Gasteiger charge is -2.17. The zero-order valence-corrected chi connectivity index (χ0v) is 13.7. The van der Waals surface area contributed by atoms with Crippen molar-refractivity contribution in [2.45, 2.75) is 33.1 Å². The van der Waals surface area contributed by atoms with Gasteiger partial charge in [-0.2, -0.15) is 5.10 Å². The van der Waals surface area contributed by atoms with E-state index in [0.29, 0.717) is 11.5 Å². The summed E-state index contributed by atoms with van der Waals surface area (Å²) in [5.74, 6) is -0.224. The third kappa shape index (κ3) is 2.82. The number of carbonyl (C=O) groups excluding carboxylic acids is 2. The summed E-state index contributed by atoms with van der Waals surface area (Å²) in [7, 11) is 0. The number of aromatic nitrogens is 2. The third-order valence-corrected chi connectivity index (χ3v) is 3.93.